The summed E-state index contributed by atoms with van der Waals surface area (Å²) in [6, 6.07) is 20.8. The highest BCUT2D eigenvalue weighted by atomic mass is 16.6. The molecule has 3 aromatic rings. The first-order valence-electron chi connectivity index (χ1n) is 9.47. The lowest BCUT2D eigenvalue weighted by Crippen LogP contribution is -2.34. The van der Waals surface area contributed by atoms with Crippen LogP contribution in [0, 0.1) is 17.0 Å². The molecule has 0 heterocycles. The van der Waals surface area contributed by atoms with E-state index in [2.05, 4.69) is 0 Å². The fourth-order valence-electron chi connectivity index (χ4n) is 3.23. The summed E-state index contributed by atoms with van der Waals surface area (Å²) in [5.41, 5.74) is 8.05. The van der Waals surface area contributed by atoms with Crippen LogP contribution >= 0.6 is 0 Å². The summed E-state index contributed by atoms with van der Waals surface area (Å²) in [4.78, 5) is 25.3. The van der Waals surface area contributed by atoms with Crippen LogP contribution < -0.4 is 5.73 Å². The van der Waals surface area contributed by atoms with E-state index in [0.29, 0.717) is 5.56 Å². The van der Waals surface area contributed by atoms with Gasteiger partial charge in [0.15, 0.2) is 0 Å². The van der Waals surface area contributed by atoms with Crippen LogP contribution in [0.15, 0.2) is 72.8 Å². The summed E-state index contributed by atoms with van der Waals surface area (Å²) in [5, 5.41) is 22.0. The van der Waals surface area contributed by atoms with Gasteiger partial charge in [0, 0.05) is 18.2 Å². The SMILES string of the molecule is Cc1cccc(C(O)CN(Cc2ccccc2)C(=O)c2ccc(N)c([N+](=O)[O-])c2)c1. The molecule has 0 saturated carbocycles. The van der Waals surface area contributed by atoms with Crippen molar-refractivity contribution in [2.75, 3.05) is 12.3 Å². The van der Waals surface area contributed by atoms with Crippen molar-refractivity contribution in [2.24, 2.45) is 0 Å². The zero-order chi connectivity index (χ0) is 21.7. The summed E-state index contributed by atoms with van der Waals surface area (Å²) < 4.78 is 0. The standard InChI is InChI=1S/C23H23N3O4/c1-16-6-5-9-18(12-16)22(27)15-25(14-17-7-3-2-4-8-17)23(28)19-10-11-20(24)21(13-19)26(29)30/h2-13,22,27H,14-15,24H2,1H3. The molecule has 3 N–H and O–H groups in total. The molecule has 0 spiro atoms. The van der Waals surface area contributed by atoms with Gasteiger partial charge in [-0.15, -0.1) is 0 Å². The van der Waals surface area contributed by atoms with Crippen molar-refractivity contribution in [1.29, 1.82) is 0 Å². The molecule has 0 saturated heterocycles. The summed E-state index contributed by atoms with van der Waals surface area (Å²) in [5.74, 6) is -0.423. The van der Waals surface area contributed by atoms with Crippen molar-refractivity contribution in [3.05, 3.63) is 105 Å². The van der Waals surface area contributed by atoms with Gasteiger partial charge in [0.05, 0.1) is 17.6 Å². The molecule has 7 nitrogen and oxygen atoms in total. The third-order valence-electron chi connectivity index (χ3n) is 4.80. The quantitative estimate of drug-likeness (QED) is 0.352. The molecule has 30 heavy (non-hydrogen) atoms. The fraction of sp³-hybridized carbons (Fsp3) is 0.174. The number of aryl methyl sites for hydroxylation is 1. The Kier molecular flexibility index (Phi) is 6.44. The minimum atomic E-state index is -0.902. The zero-order valence-electron chi connectivity index (χ0n) is 16.6. The van der Waals surface area contributed by atoms with Crippen molar-refractivity contribution in [3.8, 4) is 0 Å². The third kappa shape index (κ3) is 5.01. The van der Waals surface area contributed by atoms with Crippen molar-refractivity contribution in [3.63, 3.8) is 0 Å². The first kappa shape index (κ1) is 21.0. The van der Waals surface area contributed by atoms with Gasteiger partial charge in [-0.1, -0.05) is 60.2 Å². The highest BCUT2D eigenvalue weighted by molar-refractivity contribution is 5.95. The van der Waals surface area contributed by atoms with Crippen molar-refractivity contribution >= 4 is 17.3 Å². The van der Waals surface area contributed by atoms with E-state index in [1.165, 1.54) is 23.1 Å². The van der Waals surface area contributed by atoms with E-state index < -0.39 is 16.9 Å². The number of nitrogens with two attached hydrogens (primary N) is 1. The molecule has 0 aliphatic carbocycles. The number of amides is 1. The second kappa shape index (κ2) is 9.19. The number of nitrogen functional groups attached to an aromatic ring is 1. The molecule has 1 atom stereocenters. The van der Waals surface area contributed by atoms with Crippen molar-refractivity contribution < 1.29 is 14.8 Å². The lowest BCUT2D eigenvalue weighted by molar-refractivity contribution is -0.383. The lowest BCUT2D eigenvalue weighted by atomic mass is 10.0. The molecule has 7 heteroatoms. The molecule has 3 aromatic carbocycles. The smallest absolute Gasteiger partial charge is 0.292 e. The van der Waals surface area contributed by atoms with Crippen LogP contribution in [-0.2, 0) is 6.54 Å². The number of anilines is 1. The van der Waals surface area contributed by atoms with Gasteiger partial charge in [0.1, 0.15) is 5.69 Å². The number of hydrogen-bond donors (Lipinski definition) is 2. The molecule has 0 radical (unpaired) electrons. The molecule has 0 fully saturated rings. The summed E-state index contributed by atoms with van der Waals surface area (Å²) in [6.07, 6.45) is -0.902. The van der Waals surface area contributed by atoms with Crippen LogP contribution in [0.3, 0.4) is 0 Å². The highest BCUT2D eigenvalue weighted by Crippen LogP contribution is 2.25. The fourth-order valence-corrected chi connectivity index (χ4v) is 3.23. The number of aliphatic hydroxyl groups is 1. The molecular weight excluding hydrogens is 382 g/mol. The maximum atomic E-state index is 13.2. The Labute approximate surface area is 174 Å². The number of nitro benzene ring substituents is 1. The van der Waals surface area contributed by atoms with Crippen LogP contribution in [0.5, 0.6) is 0 Å². The number of nitrogens with zero attached hydrogens (tertiary/aromatic N) is 2. The van der Waals surface area contributed by atoms with E-state index in [0.717, 1.165) is 11.1 Å². The van der Waals surface area contributed by atoms with Crippen LogP contribution in [0.1, 0.15) is 33.2 Å². The predicted molar refractivity (Wildman–Crippen MR) is 115 cm³/mol. The maximum Gasteiger partial charge on any atom is 0.292 e. The number of nitro groups is 1. The molecule has 1 unspecified atom stereocenters. The third-order valence-corrected chi connectivity index (χ3v) is 4.80. The first-order valence-corrected chi connectivity index (χ1v) is 9.47. The van der Waals surface area contributed by atoms with Gasteiger partial charge in [-0.05, 0) is 30.2 Å². The van der Waals surface area contributed by atoms with E-state index in [9.17, 15) is 20.0 Å². The van der Waals surface area contributed by atoms with Crippen molar-refractivity contribution in [1.82, 2.24) is 4.90 Å². The molecule has 1 amide bonds. The number of benzene rings is 3. The van der Waals surface area contributed by atoms with Crippen LogP contribution in [0.25, 0.3) is 0 Å². The van der Waals surface area contributed by atoms with E-state index >= 15 is 0 Å². The predicted octanol–water partition coefficient (Wildman–Crippen LogP) is 3.86. The average molecular weight is 405 g/mol. The van der Waals surface area contributed by atoms with Crippen LogP contribution in [0.4, 0.5) is 11.4 Å². The van der Waals surface area contributed by atoms with E-state index in [1.54, 1.807) is 6.07 Å². The molecule has 154 valence electrons. The summed E-state index contributed by atoms with van der Waals surface area (Å²) in [7, 11) is 0. The van der Waals surface area contributed by atoms with Gasteiger partial charge in [0.2, 0.25) is 0 Å². The summed E-state index contributed by atoms with van der Waals surface area (Å²) >= 11 is 0. The number of aliphatic hydroxyl groups excluding tert-OH is 1. The minimum absolute atomic E-state index is 0.00838. The lowest BCUT2D eigenvalue weighted by Gasteiger charge is -2.26. The second-order valence-electron chi connectivity index (χ2n) is 7.13. The van der Waals surface area contributed by atoms with Gasteiger partial charge in [-0.25, -0.2) is 0 Å². The van der Waals surface area contributed by atoms with Gasteiger partial charge < -0.3 is 15.7 Å². The second-order valence-corrected chi connectivity index (χ2v) is 7.13. The Morgan fingerprint density at radius 3 is 2.50 bits per heavy atom. The monoisotopic (exact) mass is 405 g/mol. The maximum absolute atomic E-state index is 13.2. The van der Waals surface area contributed by atoms with Crippen LogP contribution in [0.2, 0.25) is 0 Å². The Bertz CT molecular complexity index is 1050. The largest absolute Gasteiger partial charge is 0.393 e. The molecule has 0 aliphatic rings. The Hall–Kier alpha value is -3.71. The first-order chi connectivity index (χ1) is 14.3. The Morgan fingerprint density at radius 2 is 1.83 bits per heavy atom. The van der Waals surface area contributed by atoms with Gasteiger partial charge in [-0.3, -0.25) is 14.9 Å². The number of rotatable bonds is 7. The van der Waals surface area contributed by atoms with E-state index in [4.69, 9.17) is 5.73 Å². The van der Waals surface area contributed by atoms with Crippen molar-refractivity contribution in [2.45, 2.75) is 19.6 Å². The molecule has 3 rings (SSSR count). The van der Waals surface area contributed by atoms with Gasteiger partial charge in [-0.2, -0.15) is 0 Å². The normalized spacial score (nSPS) is 11.7. The molecule has 0 aliphatic heterocycles. The topological polar surface area (TPSA) is 110 Å². The number of hydrogen-bond acceptors (Lipinski definition) is 5. The van der Waals surface area contributed by atoms with Gasteiger partial charge >= 0.3 is 0 Å². The Balaban J connectivity index is 1.91. The zero-order valence-corrected chi connectivity index (χ0v) is 16.6. The summed E-state index contributed by atoms with van der Waals surface area (Å²) in [6.45, 7) is 2.21. The Morgan fingerprint density at radius 1 is 1.10 bits per heavy atom. The number of carbonyl (C=O) groups is 1. The van der Waals surface area contributed by atoms with Gasteiger partial charge in [0.25, 0.3) is 11.6 Å². The highest BCUT2D eigenvalue weighted by Gasteiger charge is 2.23. The molecule has 0 bridgehead atoms. The molecular formula is C23H23N3O4. The average Bonchev–Trinajstić information content (AvgIpc) is 2.73. The van der Waals surface area contributed by atoms with Crippen LogP contribution in [-0.4, -0.2) is 27.4 Å². The number of carbonyl (C=O) groups excluding carboxylic acids is 1. The molecule has 0 aromatic heterocycles. The van der Waals surface area contributed by atoms with E-state index in [-0.39, 0.29) is 30.0 Å². The minimum Gasteiger partial charge on any atom is -0.393 e. The van der Waals surface area contributed by atoms with E-state index in [1.807, 2.05) is 55.5 Å².